The number of rotatable bonds is 11. The van der Waals surface area contributed by atoms with Crippen LogP contribution in [-0.4, -0.2) is 37.0 Å². The van der Waals surface area contributed by atoms with Crippen LogP contribution in [0.1, 0.15) is 39.5 Å². The van der Waals surface area contributed by atoms with Crippen LogP contribution in [0.4, 0.5) is 0 Å². The van der Waals surface area contributed by atoms with Crippen LogP contribution in [0.3, 0.4) is 0 Å². The molecule has 4 heteroatoms. The summed E-state index contributed by atoms with van der Waals surface area (Å²) in [7, 11) is 0. The van der Waals surface area contributed by atoms with E-state index in [1.807, 2.05) is 18.2 Å². The number of amides is 1. The van der Waals surface area contributed by atoms with Gasteiger partial charge in [-0.15, -0.1) is 0 Å². The third-order valence-corrected chi connectivity index (χ3v) is 3.72. The van der Waals surface area contributed by atoms with E-state index in [-0.39, 0.29) is 5.91 Å². The Morgan fingerprint density at radius 2 is 1.76 bits per heavy atom. The van der Waals surface area contributed by atoms with Gasteiger partial charge in [0.2, 0.25) is 5.91 Å². The van der Waals surface area contributed by atoms with E-state index in [9.17, 15) is 4.79 Å². The van der Waals surface area contributed by atoms with Crippen molar-refractivity contribution >= 4 is 5.91 Å². The molecule has 1 N–H and O–H groups in total. The molecule has 0 aromatic carbocycles. The van der Waals surface area contributed by atoms with Gasteiger partial charge >= 0.3 is 0 Å². The SMILES string of the molecule is CCN(CC)CCCNC(=O)CCCC[n+]1ccccc1. The molecule has 118 valence electrons. The average Bonchev–Trinajstić information content (AvgIpc) is 2.53. The molecule has 1 aromatic heterocycles. The standard InChI is InChI=1S/C17H29N3O/c1-3-19(4-2)16-10-12-18-17(21)11-6-9-15-20-13-7-5-8-14-20/h5,7-8,13-14H,3-4,6,9-12,15-16H2,1-2H3/p+1. The molecule has 0 aliphatic carbocycles. The van der Waals surface area contributed by atoms with Crippen LogP contribution in [-0.2, 0) is 11.3 Å². The van der Waals surface area contributed by atoms with Gasteiger partial charge in [0.05, 0.1) is 0 Å². The molecule has 1 rings (SSSR count). The summed E-state index contributed by atoms with van der Waals surface area (Å²) >= 11 is 0. The van der Waals surface area contributed by atoms with Crippen molar-refractivity contribution in [2.75, 3.05) is 26.2 Å². The van der Waals surface area contributed by atoms with E-state index < -0.39 is 0 Å². The molecule has 0 saturated heterocycles. The highest BCUT2D eigenvalue weighted by Gasteiger charge is 2.03. The van der Waals surface area contributed by atoms with Gasteiger partial charge in [-0.25, -0.2) is 4.57 Å². The molecule has 1 aromatic rings. The molecule has 0 unspecified atom stereocenters. The van der Waals surface area contributed by atoms with Crippen LogP contribution < -0.4 is 9.88 Å². The maximum absolute atomic E-state index is 11.7. The van der Waals surface area contributed by atoms with Crippen LogP contribution in [0.25, 0.3) is 0 Å². The third kappa shape index (κ3) is 8.45. The van der Waals surface area contributed by atoms with Gasteiger partial charge < -0.3 is 10.2 Å². The number of aryl methyl sites for hydroxylation is 1. The number of hydrogen-bond acceptors (Lipinski definition) is 2. The minimum Gasteiger partial charge on any atom is -0.356 e. The molecular formula is C17H30N3O+. The fourth-order valence-corrected chi connectivity index (χ4v) is 2.32. The molecule has 4 nitrogen and oxygen atoms in total. The van der Waals surface area contributed by atoms with E-state index in [4.69, 9.17) is 0 Å². The Balaban J connectivity index is 1.99. The summed E-state index contributed by atoms with van der Waals surface area (Å²) in [5.41, 5.74) is 0. The van der Waals surface area contributed by atoms with Crippen molar-refractivity contribution in [1.29, 1.82) is 0 Å². The molecule has 0 atom stereocenters. The molecule has 0 saturated carbocycles. The molecule has 21 heavy (non-hydrogen) atoms. The average molecular weight is 292 g/mol. The molecule has 0 radical (unpaired) electrons. The van der Waals surface area contributed by atoms with Gasteiger partial charge in [0.15, 0.2) is 12.4 Å². The number of pyridine rings is 1. The van der Waals surface area contributed by atoms with E-state index >= 15 is 0 Å². The van der Waals surface area contributed by atoms with Crippen LogP contribution >= 0.6 is 0 Å². The molecule has 0 bridgehead atoms. The third-order valence-electron chi connectivity index (χ3n) is 3.72. The van der Waals surface area contributed by atoms with Crippen molar-refractivity contribution < 1.29 is 9.36 Å². The summed E-state index contributed by atoms with van der Waals surface area (Å²) in [5.74, 6) is 0.188. The maximum Gasteiger partial charge on any atom is 0.219 e. The number of carbonyl (C=O) groups excluding carboxylic acids is 1. The Hall–Kier alpha value is -1.42. The van der Waals surface area contributed by atoms with Crippen LogP contribution in [0, 0.1) is 0 Å². The fourth-order valence-electron chi connectivity index (χ4n) is 2.32. The predicted octanol–water partition coefficient (Wildman–Crippen LogP) is 1.99. The van der Waals surface area contributed by atoms with E-state index in [0.29, 0.717) is 6.42 Å². The summed E-state index contributed by atoms with van der Waals surface area (Å²) in [6, 6.07) is 6.08. The Labute approximate surface area is 129 Å². The Bertz CT molecular complexity index is 377. The number of aromatic nitrogens is 1. The van der Waals surface area contributed by atoms with Crippen LogP contribution in [0.15, 0.2) is 30.6 Å². The number of carbonyl (C=O) groups is 1. The zero-order chi connectivity index (χ0) is 15.3. The first-order valence-electron chi connectivity index (χ1n) is 8.19. The second-order valence-electron chi connectivity index (χ2n) is 5.30. The van der Waals surface area contributed by atoms with Gasteiger partial charge in [-0.1, -0.05) is 19.9 Å². The highest BCUT2D eigenvalue weighted by atomic mass is 16.1. The number of hydrogen-bond donors (Lipinski definition) is 1. The van der Waals surface area contributed by atoms with E-state index in [1.54, 1.807) is 0 Å². The van der Waals surface area contributed by atoms with Crippen molar-refractivity contribution in [2.24, 2.45) is 0 Å². The lowest BCUT2D eigenvalue weighted by molar-refractivity contribution is -0.697. The number of nitrogens with zero attached hydrogens (tertiary/aromatic N) is 2. The van der Waals surface area contributed by atoms with Crippen molar-refractivity contribution in [1.82, 2.24) is 10.2 Å². The number of nitrogens with one attached hydrogen (secondary N) is 1. The molecule has 0 spiro atoms. The summed E-state index contributed by atoms with van der Waals surface area (Å²) in [6.45, 7) is 9.36. The van der Waals surface area contributed by atoms with Gasteiger partial charge in [0.25, 0.3) is 0 Å². The van der Waals surface area contributed by atoms with Gasteiger partial charge in [-0.3, -0.25) is 4.79 Å². The minimum atomic E-state index is 0.188. The quantitative estimate of drug-likeness (QED) is 0.500. The van der Waals surface area contributed by atoms with Gasteiger partial charge in [0, 0.05) is 31.5 Å². The molecule has 1 heterocycles. The summed E-state index contributed by atoms with van der Waals surface area (Å²) in [4.78, 5) is 14.1. The summed E-state index contributed by atoms with van der Waals surface area (Å²) in [5, 5.41) is 3.01. The van der Waals surface area contributed by atoms with E-state index in [1.165, 1.54) is 0 Å². The Morgan fingerprint density at radius 3 is 2.43 bits per heavy atom. The highest BCUT2D eigenvalue weighted by molar-refractivity contribution is 5.75. The Kier molecular flexibility index (Phi) is 9.46. The summed E-state index contributed by atoms with van der Waals surface area (Å²) in [6.07, 6.45) is 7.79. The highest BCUT2D eigenvalue weighted by Crippen LogP contribution is 1.96. The first-order chi connectivity index (χ1) is 10.3. The molecular weight excluding hydrogens is 262 g/mol. The fraction of sp³-hybridized carbons (Fsp3) is 0.647. The van der Waals surface area contributed by atoms with Crippen molar-refractivity contribution in [3.8, 4) is 0 Å². The molecule has 1 amide bonds. The maximum atomic E-state index is 11.7. The lowest BCUT2D eigenvalue weighted by Gasteiger charge is -2.17. The van der Waals surface area contributed by atoms with Crippen molar-refractivity contribution in [3.05, 3.63) is 30.6 Å². The number of unbranched alkanes of at least 4 members (excludes halogenated alkanes) is 1. The van der Waals surface area contributed by atoms with E-state index in [0.717, 1.165) is 52.0 Å². The first-order valence-corrected chi connectivity index (χ1v) is 8.19. The largest absolute Gasteiger partial charge is 0.356 e. The van der Waals surface area contributed by atoms with Crippen LogP contribution in [0.5, 0.6) is 0 Å². The van der Waals surface area contributed by atoms with Crippen molar-refractivity contribution in [3.63, 3.8) is 0 Å². The minimum absolute atomic E-state index is 0.188. The zero-order valence-electron chi connectivity index (χ0n) is 13.6. The second kappa shape index (κ2) is 11.3. The first kappa shape index (κ1) is 17.6. The summed E-state index contributed by atoms with van der Waals surface area (Å²) < 4.78 is 2.15. The van der Waals surface area contributed by atoms with Crippen LogP contribution in [0.2, 0.25) is 0 Å². The van der Waals surface area contributed by atoms with Crippen molar-refractivity contribution in [2.45, 2.75) is 46.1 Å². The van der Waals surface area contributed by atoms with E-state index in [2.05, 4.69) is 41.0 Å². The lowest BCUT2D eigenvalue weighted by Crippen LogP contribution is -2.32. The topological polar surface area (TPSA) is 36.2 Å². The smallest absolute Gasteiger partial charge is 0.219 e. The molecule has 0 aliphatic heterocycles. The Morgan fingerprint density at radius 1 is 1.05 bits per heavy atom. The van der Waals surface area contributed by atoms with Gasteiger partial charge in [0.1, 0.15) is 6.54 Å². The van der Waals surface area contributed by atoms with Gasteiger partial charge in [-0.05, 0) is 32.5 Å². The normalized spacial score (nSPS) is 10.8. The zero-order valence-corrected chi connectivity index (χ0v) is 13.6. The monoisotopic (exact) mass is 292 g/mol. The molecule has 0 aliphatic rings. The molecule has 0 fully saturated rings. The second-order valence-corrected chi connectivity index (χ2v) is 5.30. The lowest BCUT2D eigenvalue weighted by atomic mass is 10.2. The predicted molar refractivity (Wildman–Crippen MR) is 85.9 cm³/mol. The van der Waals surface area contributed by atoms with Gasteiger partial charge in [-0.2, -0.15) is 0 Å².